The first-order chi connectivity index (χ1) is 18.7. The number of aliphatic hydroxyl groups is 3. The third-order valence-electron chi connectivity index (χ3n) is 7.49. The first-order valence-corrected chi connectivity index (χ1v) is 15.8. The molecule has 0 spiro atoms. The van der Waals surface area contributed by atoms with E-state index in [-0.39, 0.29) is 35.6 Å². The minimum Gasteiger partial charge on any atom is -0.463 e. The van der Waals surface area contributed by atoms with E-state index in [1.165, 1.54) is 18.7 Å². The lowest BCUT2D eigenvalue weighted by molar-refractivity contribution is -0.167. The highest BCUT2D eigenvalue weighted by molar-refractivity contribution is 8.14. The van der Waals surface area contributed by atoms with Gasteiger partial charge in [-0.15, -0.1) is 0 Å². The zero-order chi connectivity index (χ0) is 28.5. The van der Waals surface area contributed by atoms with Crippen molar-refractivity contribution >= 4 is 39.8 Å². The van der Waals surface area contributed by atoms with E-state index in [0.717, 1.165) is 49.1 Å². The van der Waals surface area contributed by atoms with Gasteiger partial charge in [-0.25, -0.2) is 0 Å². The van der Waals surface area contributed by atoms with E-state index in [1.54, 1.807) is 11.8 Å². The molecule has 13 heteroatoms. The van der Waals surface area contributed by atoms with Crippen LogP contribution >= 0.6 is 23.5 Å². The van der Waals surface area contributed by atoms with Gasteiger partial charge in [0.15, 0.2) is 10.3 Å². The number of carbonyl (C=O) groups is 1. The molecule has 0 amide bonds. The van der Waals surface area contributed by atoms with Gasteiger partial charge in [-0.2, -0.15) is 0 Å². The van der Waals surface area contributed by atoms with Crippen LogP contribution in [0.1, 0.15) is 60.3 Å². The molecule has 4 rings (SSSR count). The van der Waals surface area contributed by atoms with Crippen molar-refractivity contribution in [3.05, 3.63) is 0 Å². The minimum absolute atomic E-state index is 0.0329. The summed E-state index contributed by atoms with van der Waals surface area (Å²) in [6, 6.07) is -0.0767. The molecule has 5 N–H and O–H groups in total. The summed E-state index contributed by atoms with van der Waals surface area (Å²) in [5, 5.41) is 37.1. The Kier molecular flexibility index (Phi) is 13.1. The molecule has 4 fully saturated rings. The summed E-state index contributed by atoms with van der Waals surface area (Å²) in [4.78, 5) is 20.0. The molecule has 0 bridgehead atoms. The summed E-state index contributed by atoms with van der Waals surface area (Å²) in [7, 11) is 0. The highest BCUT2D eigenvalue weighted by Gasteiger charge is 2.49. The SMILES string of the molecule is CCCCN=C1NC2C(O[C@H](CO)[C@@H](O)[C@@H]2O)S1.CCCCN=C1NC2C(O[C@H](COC(C)=O)[C@@H](C)[C@@H]2C)S1. The van der Waals surface area contributed by atoms with E-state index in [4.69, 9.17) is 19.3 Å². The zero-order valence-electron chi connectivity index (χ0n) is 23.6. The van der Waals surface area contributed by atoms with Crippen molar-refractivity contribution in [1.29, 1.82) is 0 Å². The minimum atomic E-state index is -1.07. The Morgan fingerprint density at radius 1 is 0.897 bits per heavy atom. The average Bonchev–Trinajstić information content (AvgIpc) is 3.52. The molecule has 0 saturated carbocycles. The number of hydrogen-bond acceptors (Lipinski definition) is 11. The number of hydrogen-bond donors (Lipinski definition) is 5. The van der Waals surface area contributed by atoms with Crippen LogP contribution < -0.4 is 10.6 Å². The first-order valence-electron chi connectivity index (χ1n) is 14.1. The van der Waals surface area contributed by atoms with Gasteiger partial charge in [0.1, 0.15) is 35.8 Å². The van der Waals surface area contributed by atoms with E-state index >= 15 is 0 Å². The second-order valence-corrected chi connectivity index (χ2v) is 12.6. The number of ether oxygens (including phenoxy) is 3. The lowest BCUT2D eigenvalue weighted by atomic mass is 9.83. The average molecular weight is 591 g/mol. The molecular weight excluding hydrogens is 544 g/mol. The number of aliphatic imine (C=N–C) groups is 2. The summed E-state index contributed by atoms with van der Waals surface area (Å²) in [6.07, 6.45) is 1.59. The lowest BCUT2D eigenvalue weighted by Gasteiger charge is -2.40. The van der Waals surface area contributed by atoms with Crippen LogP contribution in [0.2, 0.25) is 0 Å². The van der Waals surface area contributed by atoms with Crippen LogP contribution in [0.4, 0.5) is 0 Å². The van der Waals surface area contributed by atoms with Crippen LogP contribution in [-0.2, 0) is 19.0 Å². The topological polar surface area (TPSA) is 154 Å². The van der Waals surface area contributed by atoms with Crippen molar-refractivity contribution in [2.24, 2.45) is 21.8 Å². The molecule has 4 saturated heterocycles. The van der Waals surface area contributed by atoms with Gasteiger partial charge in [0.2, 0.25) is 0 Å². The lowest BCUT2D eigenvalue weighted by Crippen LogP contribution is -2.59. The number of nitrogens with zero attached hydrogens (tertiary/aromatic N) is 2. The maximum absolute atomic E-state index is 11.0. The van der Waals surface area contributed by atoms with Gasteiger partial charge in [-0.1, -0.05) is 64.1 Å². The van der Waals surface area contributed by atoms with E-state index in [2.05, 4.69) is 48.3 Å². The Balaban J connectivity index is 0.000000218. The molecule has 0 aromatic carbocycles. The number of fused-ring (bicyclic) bond motifs is 2. The number of rotatable bonds is 9. The van der Waals surface area contributed by atoms with Crippen LogP contribution in [-0.4, -0.2) is 105 Å². The molecule has 0 aromatic rings. The van der Waals surface area contributed by atoms with Gasteiger partial charge in [-0.3, -0.25) is 14.8 Å². The van der Waals surface area contributed by atoms with Crippen LogP contribution in [0.5, 0.6) is 0 Å². The maximum Gasteiger partial charge on any atom is 0.302 e. The van der Waals surface area contributed by atoms with Gasteiger partial charge in [-0.05, 0) is 24.7 Å². The molecule has 0 aromatic heterocycles. The second kappa shape index (κ2) is 15.8. The standard InChI is InChI=1S/C15H26N2O3S.C11H20N2O4S/c1-5-6-7-16-15-17-13-10(3)9(2)12(8-19-11(4)18)20-14(13)21-15;1-2-3-4-12-11-13-7-9(16)8(15)6(5-14)17-10(7)18-11/h9-10,12-14H,5-8H2,1-4H3,(H,16,17);6-10,14-16H,2-5H2,1H3,(H,12,13)/t9-,10-,12+,13?,14?;6-,7?,8-,9-,10?/m01/s1. The highest BCUT2D eigenvalue weighted by Crippen LogP contribution is 2.39. The van der Waals surface area contributed by atoms with Crippen LogP contribution in [0.3, 0.4) is 0 Å². The summed E-state index contributed by atoms with van der Waals surface area (Å²) in [6.45, 7) is 11.7. The molecule has 10 atom stereocenters. The second-order valence-electron chi connectivity index (χ2n) is 10.4. The first kappa shape index (κ1) is 32.4. The predicted octanol–water partition coefficient (Wildman–Crippen LogP) is 1.69. The molecule has 224 valence electrons. The van der Waals surface area contributed by atoms with Gasteiger partial charge in [0.05, 0.1) is 24.8 Å². The number of carbonyl (C=O) groups excluding carboxylic acids is 1. The van der Waals surface area contributed by atoms with Crippen molar-refractivity contribution in [3.63, 3.8) is 0 Å². The molecule has 0 aliphatic carbocycles. The third kappa shape index (κ3) is 8.70. The van der Waals surface area contributed by atoms with Gasteiger partial charge < -0.3 is 40.2 Å². The molecule has 11 nitrogen and oxygen atoms in total. The summed E-state index contributed by atoms with van der Waals surface area (Å²) in [5.41, 5.74) is -0.238. The zero-order valence-corrected chi connectivity index (χ0v) is 25.2. The Bertz CT molecular complexity index is 851. The van der Waals surface area contributed by atoms with Crippen LogP contribution in [0, 0.1) is 11.8 Å². The monoisotopic (exact) mass is 590 g/mol. The largest absolute Gasteiger partial charge is 0.463 e. The maximum atomic E-state index is 11.0. The fraction of sp³-hybridized carbons (Fsp3) is 0.885. The Morgan fingerprint density at radius 3 is 1.97 bits per heavy atom. The molecule has 0 radical (unpaired) electrons. The molecule has 4 aliphatic heterocycles. The smallest absolute Gasteiger partial charge is 0.302 e. The summed E-state index contributed by atoms with van der Waals surface area (Å²) in [5.74, 6) is 0.545. The van der Waals surface area contributed by atoms with E-state index in [0.29, 0.717) is 24.5 Å². The van der Waals surface area contributed by atoms with E-state index in [1.807, 2.05) is 0 Å². The van der Waals surface area contributed by atoms with Crippen molar-refractivity contribution in [3.8, 4) is 0 Å². The number of unbranched alkanes of at least 4 members (excludes halogenated alkanes) is 2. The molecule has 4 aliphatic rings. The summed E-state index contributed by atoms with van der Waals surface area (Å²) >= 11 is 3.07. The van der Waals surface area contributed by atoms with E-state index < -0.39 is 18.3 Å². The molecular formula is C26H46N4O7S2. The van der Waals surface area contributed by atoms with Crippen molar-refractivity contribution in [2.45, 2.75) is 108 Å². The highest BCUT2D eigenvalue weighted by atomic mass is 32.2. The molecule has 39 heavy (non-hydrogen) atoms. The fourth-order valence-corrected chi connectivity index (χ4v) is 7.15. The number of amidine groups is 2. The van der Waals surface area contributed by atoms with E-state index in [9.17, 15) is 15.0 Å². The Morgan fingerprint density at radius 2 is 1.44 bits per heavy atom. The number of thioether (sulfide) groups is 2. The normalized spacial score (nSPS) is 39.3. The van der Waals surface area contributed by atoms with Gasteiger partial charge in [0.25, 0.3) is 0 Å². The van der Waals surface area contributed by atoms with Crippen molar-refractivity contribution < 1.29 is 34.3 Å². The van der Waals surface area contributed by atoms with Crippen molar-refractivity contribution in [2.75, 3.05) is 26.3 Å². The fourth-order valence-electron chi connectivity index (χ4n) is 4.74. The number of nitrogens with one attached hydrogen (secondary N) is 2. The number of aliphatic hydroxyl groups excluding tert-OH is 3. The van der Waals surface area contributed by atoms with Crippen LogP contribution in [0.15, 0.2) is 9.98 Å². The van der Waals surface area contributed by atoms with Crippen molar-refractivity contribution in [1.82, 2.24) is 10.6 Å². The predicted molar refractivity (Wildman–Crippen MR) is 155 cm³/mol. The Labute approximate surface area is 240 Å². The van der Waals surface area contributed by atoms with Gasteiger partial charge >= 0.3 is 5.97 Å². The molecule has 4 unspecified atom stereocenters. The quantitative estimate of drug-likeness (QED) is 0.197. The summed E-state index contributed by atoms with van der Waals surface area (Å²) < 4.78 is 16.8. The molecule has 4 heterocycles. The van der Waals surface area contributed by atoms with Gasteiger partial charge in [0, 0.05) is 20.0 Å². The van der Waals surface area contributed by atoms with Crippen LogP contribution in [0.25, 0.3) is 0 Å². The Hall–Kier alpha value is -1.09. The third-order valence-corrected chi connectivity index (χ3v) is 9.70. The number of esters is 1.